The second kappa shape index (κ2) is 7.55. The third kappa shape index (κ3) is 3.78. The number of anilines is 1. The van der Waals surface area contributed by atoms with Gasteiger partial charge in [0.2, 0.25) is 11.8 Å². The first kappa shape index (κ1) is 17.2. The van der Waals surface area contributed by atoms with Crippen LogP contribution in [0.25, 0.3) is 0 Å². The third-order valence-electron chi connectivity index (χ3n) is 4.83. The van der Waals surface area contributed by atoms with E-state index in [-0.39, 0.29) is 5.91 Å². The lowest BCUT2D eigenvalue weighted by atomic mass is 10.3. The highest BCUT2D eigenvalue weighted by Gasteiger charge is 2.23. The zero-order valence-corrected chi connectivity index (χ0v) is 15.4. The fourth-order valence-electron chi connectivity index (χ4n) is 3.39. The summed E-state index contributed by atoms with van der Waals surface area (Å²) in [5.74, 6) is 1.69. The number of likely N-dealkylation sites (tertiary alicyclic amines) is 1. The smallest absolute Gasteiger partial charge is 0.288 e. The lowest BCUT2D eigenvalue weighted by Crippen LogP contribution is -2.47. The number of amides is 1. The number of rotatable bonds is 5. The van der Waals surface area contributed by atoms with E-state index in [0.29, 0.717) is 30.4 Å². The quantitative estimate of drug-likeness (QED) is 0.735. The minimum Gasteiger partial charge on any atom is -0.412 e. The topological polar surface area (TPSA) is 70.6 Å². The van der Waals surface area contributed by atoms with Crippen molar-refractivity contribution in [3.63, 3.8) is 0 Å². The lowest BCUT2D eigenvalue weighted by Gasteiger charge is -2.34. The second-order valence-corrected chi connectivity index (χ2v) is 6.96. The first-order chi connectivity index (χ1) is 12.7. The molecular weight excluding hydrogens is 352 g/mol. The van der Waals surface area contributed by atoms with Gasteiger partial charge in [0.1, 0.15) is 5.82 Å². The molecule has 1 amide bonds. The van der Waals surface area contributed by atoms with Crippen molar-refractivity contribution in [3.8, 4) is 0 Å². The summed E-state index contributed by atoms with van der Waals surface area (Å²) in [6.45, 7) is 5.42. The number of hydrogen-bond acceptors (Lipinski definition) is 7. The summed E-state index contributed by atoms with van der Waals surface area (Å²) in [5, 5.41) is 4.46. The Labute approximate surface area is 157 Å². The molecule has 0 aromatic carbocycles. The van der Waals surface area contributed by atoms with Gasteiger partial charge in [0.25, 0.3) is 4.84 Å². The highest BCUT2D eigenvalue weighted by atomic mass is 32.1. The van der Waals surface area contributed by atoms with Gasteiger partial charge in [-0.2, -0.15) is 0 Å². The van der Waals surface area contributed by atoms with Crippen molar-refractivity contribution in [2.24, 2.45) is 0 Å². The van der Waals surface area contributed by atoms with Crippen molar-refractivity contribution in [1.82, 2.24) is 24.6 Å². The normalized spacial score (nSPS) is 18.7. The molecule has 2 aromatic rings. The standard InChI is InChI=1S/C17H22N6O2S/c24-16-5-3-7-22(16)12-15-19-23(17(26)25-15)13-20-8-10-21(11-9-20)14-4-1-2-6-18-14/h1-2,4,6H,3,5,7-13H2. The van der Waals surface area contributed by atoms with Crippen LogP contribution in [0.15, 0.2) is 28.8 Å². The largest absolute Gasteiger partial charge is 0.412 e. The van der Waals surface area contributed by atoms with Gasteiger partial charge < -0.3 is 14.2 Å². The molecule has 0 N–H and O–H groups in total. The molecule has 0 atom stereocenters. The van der Waals surface area contributed by atoms with Crippen molar-refractivity contribution in [2.75, 3.05) is 37.6 Å². The van der Waals surface area contributed by atoms with E-state index >= 15 is 0 Å². The molecule has 9 heteroatoms. The third-order valence-corrected chi connectivity index (χ3v) is 5.12. The summed E-state index contributed by atoms with van der Waals surface area (Å²) >= 11 is 5.29. The van der Waals surface area contributed by atoms with E-state index in [4.69, 9.17) is 16.6 Å². The molecule has 138 valence electrons. The van der Waals surface area contributed by atoms with Gasteiger partial charge in [-0.15, -0.1) is 5.10 Å². The number of carbonyl (C=O) groups is 1. The molecule has 2 saturated heterocycles. The van der Waals surface area contributed by atoms with Gasteiger partial charge in [0.15, 0.2) is 0 Å². The number of nitrogens with zero attached hydrogens (tertiary/aromatic N) is 6. The Hall–Kier alpha value is -2.26. The summed E-state index contributed by atoms with van der Waals surface area (Å²) in [6.07, 6.45) is 3.34. The summed E-state index contributed by atoms with van der Waals surface area (Å²) in [6, 6.07) is 5.98. The summed E-state index contributed by atoms with van der Waals surface area (Å²) in [4.78, 5) is 22.9. The molecule has 0 aliphatic carbocycles. The van der Waals surface area contributed by atoms with Crippen molar-refractivity contribution in [1.29, 1.82) is 0 Å². The van der Waals surface area contributed by atoms with Crippen LogP contribution in [-0.2, 0) is 18.0 Å². The highest BCUT2D eigenvalue weighted by Crippen LogP contribution is 2.15. The van der Waals surface area contributed by atoms with Gasteiger partial charge in [-0.3, -0.25) is 9.69 Å². The number of piperazine rings is 1. The molecule has 4 rings (SSSR count). The molecule has 0 bridgehead atoms. The Kier molecular flexibility index (Phi) is 4.98. The van der Waals surface area contributed by atoms with Crippen molar-refractivity contribution >= 4 is 23.9 Å². The SMILES string of the molecule is O=C1CCCN1Cc1nn(CN2CCN(c3ccccn3)CC2)c(=S)o1. The predicted molar refractivity (Wildman–Crippen MR) is 98.0 cm³/mol. The maximum Gasteiger partial charge on any atom is 0.288 e. The Morgan fingerprint density at radius 3 is 2.69 bits per heavy atom. The number of carbonyl (C=O) groups excluding carboxylic acids is 1. The van der Waals surface area contributed by atoms with E-state index in [0.717, 1.165) is 45.0 Å². The molecule has 26 heavy (non-hydrogen) atoms. The Morgan fingerprint density at radius 1 is 1.15 bits per heavy atom. The molecule has 0 saturated carbocycles. The first-order valence-corrected chi connectivity index (χ1v) is 9.33. The number of pyridine rings is 1. The van der Waals surface area contributed by atoms with Crippen LogP contribution in [-0.4, -0.2) is 63.2 Å². The van der Waals surface area contributed by atoms with Crippen LogP contribution in [0.1, 0.15) is 18.7 Å². The van der Waals surface area contributed by atoms with E-state index in [1.54, 1.807) is 9.58 Å². The summed E-state index contributed by atoms with van der Waals surface area (Å²) in [7, 11) is 0. The molecular formula is C17H22N6O2S. The second-order valence-electron chi connectivity index (χ2n) is 6.61. The van der Waals surface area contributed by atoms with E-state index in [2.05, 4.69) is 19.9 Å². The fraction of sp³-hybridized carbons (Fsp3) is 0.529. The summed E-state index contributed by atoms with van der Waals surface area (Å²) in [5.41, 5.74) is 0. The van der Waals surface area contributed by atoms with Crippen LogP contribution in [0, 0.1) is 4.84 Å². The molecule has 0 unspecified atom stereocenters. The van der Waals surface area contributed by atoms with Crippen LogP contribution < -0.4 is 4.90 Å². The van der Waals surface area contributed by atoms with Crippen LogP contribution >= 0.6 is 12.2 Å². The Balaban J connectivity index is 1.33. The minimum atomic E-state index is 0.159. The van der Waals surface area contributed by atoms with Gasteiger partial charge in [-0.1, -0.05) is 6.07 Å². The lowest BCUT2D eigenvalue weighted by molar-refractivity contribution is -0.128. The van der Waals surface area contributed by atoms with E-state index in [1.165, 1.54) is 0 Å². The molecule has 2 aliphatic rings. The molecule has 0 radical (unpaired) electrons. The average molecular weight is 374 g/mol. The molecule has 2 aliphatic heterocycles. The van der Waals surface area contributed by atoms with Crippen molar-refractivity contribution in [2.45, 2.75) is 26.1 Å². The predicted octanol–water partition coefficient (Wildman–Crippen LogP) is 1.50. The van der Waals surface area contributed by atoms with Crippen LogP contribution in [0.2, 0.25) is 0 Å². The van der Waals surface area contributed by atoms with Gasteiger partial charge in [0.05, 0.1) is 13.2 Å². The van der Waals surface area contributed by atoms with Crippen molar-refractivity contribution in [3.05, 3.63) is 35.1 Å². The van der Waals surface area contributed by atoms with Gasteiger partial charge in [-0.25, -0.2) is 9.67 Å². The van der Waals surface area contributed by atoms with Gasteiger partial charge >= 0.3 is 0 Å². The molecule has 4 heterocycles. The van der Waals surface area contributed by atoms with Crippen molar-refractivity contribution < 1.29 is 9.21 Å². The van der Waals surface area contributed by atoms with E-state index in [1.807, 2.05) is 24.4 Å². The molecule has 2 aromatic heterocycles. The molecule has 8 nitrogen and oxygen atoms in total. The highest BCUT2D eigenvalue weighted by molar-refractivity contribution is 7.71. The summed E-state index contributed by atoms with van der Waals surface area (Å²) < 4.78 is 7.29. The zero-order chi connectivity index (χ0) is 17.9. The Bertz CT molecular complexity index is 812. The van der Waals surface area contributed by atoms with Gasteiger partial charge in [-0.05, 0) is 30.8 Å². The van der Waals surface area contributed by atoms with Crippen LogP contribution in [0.4, 0.5) is 5.82 Å². The monoisotopic (exact) mass is 374 g/mol. The number of aromatic nitrogens is 3. The average Bonchev–Trinajstić information content (AvgIpc) is 3.22. The minimum absolute atomic E-state index is 0.159. The fourth-order valence-corrected chi connectivity index (χ4v) is 3.58. The zero-order valence-electron chi connectivity index (χ0n) is 14.6. The molecule has 0 spiro atoms. The number of hydrogen-bond donors (Lipinski definition) is 0. The first-order valence-electron chi connectivity index (χ1n) is 8.92. The van der Waals surface area contributed by atoms with Crippen LogP contribution in [0.3, 0.4) is 0 Å². The van der Waals surface area contributed by atoms with E-state index in [9.17, 15) is 4.79 Å². The van der Waals surface area contributed by atoms with E-state index < -0.39 is 0 Å². The Morgan fingerprint density at radius 2 is 2.00 bits per heavy atom. The maximum atomic E-state index is 11.7. The maximum absolute atomic E-state index is 11.7. The van der Waals surface area contributed by atoms with Crippen LogP contribution in [0.5, 0.6) is 0 Å². The van der Waals surface area contributed by atoms with Gasteiger partial charge in [0, 0.05) is 45.3 Å². The molecule has 2 fully saturated rings.